The maximum absolute atomic E-state index is 13.4. The van der Waals surface area contributed by atoms with Crippen molar-refractivity contribution in [2.75, 3.05) is 13.2 Å². The minimum Gasteiger partial charge on any atom is -0.490 e. The first kappa shape index (κ1) is 20.7. The monoisotopic (exact) mass is 409 g/mol. The molecular formula is C23H21ClFN3O. The fraction of sp³-hybridized carbons (Fsp3) is 0.130. The van der Waals surface area contributed by atoms with E-state index in [0.29, 0.717) is 19.7 Å². The van der Waals surface area contributed by atoms with Gasteiger partial charge in [0.1, 0.15) is 23.7 Å². The highest BCUT2D eigenvalue weighted by Gasteiger charge is 2.04. The van der Waals surface area contributed by atoms with Crippen molar-refractivity contribution < 1.29 is 9.13 Å². The Labute approximate surface area is 175 Å². The highest BCUT2D eigenvalue weighted by molar-refractivity contribution is 5.85. The zero-order chi connectivity index (χ0) is 19.2. The summed E-state index contributed by atoms with van der Waals surface area (Å²) in [5.74, 6) is 0.538. The molecule has 0 spiro atoms. The number of ether oxygens (including phenoxy) is 1. The molecule has 0 bridgehead atoms. The van der Waals surface area contributed by atoms with Crippen LogP contribution in [-0.4, -0.2) is 23.1 Å². The van der Waals surface area contributed by atoms with Crippen LogP contribution in [0.1, 0.15) is 5.56 Å². The lowest BCUT2D eigenvalue weighted by Gasteiger charge is -2.10. The van der Waals surface area contributed by atoms with Crippen LogP contribution in [-0.2, 0) is 6.54 Å². The van der Waals surface area contributed by atoms with Gasteiger partial charge in [0.2, 0.25) is 0 Å². The van der Waals surface area contributed by atoms with Gasteiger partial charge in [0.25, 0.3) is 0 Å². The summed E-state index contributed by atoms with van der Waals surface area (Å²) in [4.78, 5) is 8.66. The minimum atomic E-state index is -0.249. The second kappa shape index (κ2) is 9.96. The molecule has 0 aliphatic heterocycles. The van der Waals surface area contributed by atoms with E-state index in [2.05, 4.69) is 15.3 Å². The number of pyridine rings is 2. The molecule has 148 valence electrons. The fourth-order valence-corrected chi connectivity index (χ4v) is 3.07. The molecule has 2 aromatic heterocycles. The van der Waals surface area contributed by atoms with Gasteiger partial charge in [-0.05, 0) is 41.5 Å². The number of nitrogens with one attached hydrogen (secondary N) is 1. The molecule has 4 nitrogen and oxygen atoms in total. The fourth-order valence-electron chi connectivity index (χ4n) is 3.07. The lowest BCUT2D eigenvalue weighted by molar-refractivity contribution is 0.316. The van der Waals surface area contributed by atoms with Crippen LogP contribution in [0.15, 0.2) is 79.3 Å². The Kier molecular flexibility index (Phi) is 7.11. The number of fused-ring (bicyclic) bond motifs is 1. The van der Waals surface area contributed by atoms with Gasteiger partial charge in [0.15, 0.2) is 0 Å². The lowest BCUT2D eigenvalue weighted by Crippen LogP contribution is -2.20. The quantitative estimate of drug-likeness (QED) is 0.435. The Bertz CT molecular complexity index is 1080. The maximum Gasteiger partial charge on any atom is 0.145 e. The Morgan fingerprint density at radius 3 is 2.69 bits per heavy atom. The molecule has 1 N–H and O–H groups in total. The number of rotatable bonds is 7. The summed E-state index contributed by atoms with van der Waals surface area (Å²) >= 11 is 0. The van der Waals surface area contributed by atoms with Crippen LogP contribution in [0.3, 0.4) is 0 Å². The average Bonchev–Trinajstić information content (AvgIpc) is 2.74. The normalized spacial score (nSPS) is 10.5. The van der Waals surface area contributed by atoms with Crippen molar-refractivity contribution >= 4 is 23.3 Å². The topological polar surface area (TPSA) is 47.0 Å². The molecule has 0 unspecified atom stereocenters. The molecular weight excluding hydrogens is 389 g/mol. The molecule has 0 radical (unpaired) electrons. The smallest absolute Gasteiger partial charge is 0.145 e. The predicted molar refractivity (Wildman–Crippen MR) is 116 cm³/mol. The van der Waals surface area contributed by atoms with Gasteiger partial charge >= 0.3 is 0 Å². The molecule has 0 saturated carbocycles. The van der Waals surface area contributed by atoms with Crippen LogP contribution < -0.4 is 10.1 Å². The van der Waals surface area contributed by atoms with Crippen LogP contribution in [0, 0.1) is 5.82 Å². The Balaban J connectivity index is 0.00000240. The lowest BCUT2D eigenvalue weighted by atomic mass is 10.1. The molecule has 0 aliphatic carbocycles. The number of para-hydroxylation sites is 1. The van der Waals surface area contributed by atoms with Crippen molar-refractivity contribution in [1.29, 1.82) is 0 Å². The van der Waals surface area contributed by atoms with Crippen molar-refractivity contribution in [3.8, 4) is 16.9 Å². The van der Waals surface area contributed by atoms with Gasteiger partial charge in [-0.25, -0.2) is 4.39 Å². The van der Waals surface area contributed by atoms with Crippen LogP contribution in [0.25, 0.3) is 22.0 Å². The number of hydrogen-bond acceptors (Lipinski definition) is 4. The summed E-state index contributed by atoms with van der Waals surface area (Å²) in [6.07, 6.45) is 5.33. The first-order chi connectivity index (χ1) is 13.8. The summed E-state index contributed by atoms with van der Waals surface area (Å²) in [5.41, 5.74) is 3.63. The Morgan fingerprint density at radius 2 is 1.79 bits per heavy atom. The van der Waals surface area contributed by atoms with Crippen molar-refractivity contribution in [1.82, 2.24) is 15.3 Å². The second-order valence-electron chi connectivity index (χ2n) is 6.45. The summed E-state index contributed by atoms with van der Waals surface area (Å²) in [5, 5.41) is 4.41. The number of halogens is 2. The molecule has 4 aromatic rings. The third-order valence-corrected chi connectivity index (χ3v) is 4.41. The highest BCUT2D eigenvalue weighted by Crippen LogP contribution is 2.23. The van der Waals surface area contributed by atoms with Gasteiger partial charge in [0, 0.05) is 42.6 Å². The standard InChI is InChI=1S/C23H20FN3O.ClH/c24-21-7-1-5-19(13-21)20-12-17(15-26-16-20)14-25-10-11-28-22-8-2-4-18-6-3-9-27-23(18)22;/h1-9,12-13,15-16,25H,10-11,14H2;1H. The van der Waals surface area contributed by atoms with E-state index >= 15 is 0 Å². The van der Waals surface area contributed by atoms with E-state index in [4.69, 9.17) is 4.74 Å². The minimum absolute atomic E-state index is 0. The highest BCUT2D eigenvalue weighted by atomic mass is 35.5. The average molecular weight is 410 g/mol. The van der Waals surface area contributed by atoms with Gasteiger partial charge < -0.3 is 10.1 Å². The van der Waals surface area contributed by atoms with Gasteiger partial charge in [-0.1, -0.05) is 30.3 Å². The molecule has 0 aliphatic rings. The van der Waals surface area contributed by atoms with Crippen LogP contribution in [0.5, 0.6) is 5.75 Å². The SMILES string of the molecule is Cl.Fc1cccc(-c2cncc(CNCCOc3cccc4cccnc34)c2)c1. The van der Waals surface area contributed by atoms with E-state index in [-0.39, 0.29) is 18.2 Å². The van der Waals surface area contributed by atoms with E-state index in [0.717, 1.165) is 33.3 Å². The summed E-state index contributed by atoms with van der Waals surface area (Å²) in [6, 6.07) is 18.4. The molecule has 0 fully saturated rings. The van der Waals surface area contributed by atoms with Gasteiger partial charge in [-0.3, -0.25) is 9.97 Å². The zero-order valence-electron chi connectivity index (χ0n) is 15.7. The van der Waals surface area contributed by atoms with E-state index in [1.54, 1.807) is 18.5 Å². The molecule has 2 aromatic carbocycles. The summed E-state index contributed by atoms with van der Waals surface area (Å²) in [6.45, 7) is 1.88. The maximum atomic E-state index is 13.4. The molecule has 6 heteroatoms. The number of benzene rings is 2. The summed E-state index contributed by atoms with van der Waals surface area (Å²) < 4.78 is 19.3. The van der Waals surface area contributed by atoms with Crippen LogP contribution in [0.2, 0.25) is 0 Å². The Hall–Kier alpha value is -3.02. The predicted octanol–water partition coefficient (Wildman–Crippen LogP) is 5.03. The van der Waals surface area contributed by atoms with Gasteiger partial charge in [0.05, 0.1) is 0 Å². The van der Waals surface area contributed by atoms with E-state index in [1.165, 1.54) is 12.1 Å². The molecule has 29 heavy (non-hydrogen) atoms. The molecule has 0 saturated heterocycles. The van der Waals surface area contributed by atoms with E-state index < -0.39 is 0 Å². The second-order valence-corrected chi connectivity index (χ2v) is 6.45. The van der Waals surface area contributed by atoms with Crippen molar-refractivity contribution in [2.24, 2.45) is 0 Å². The number of aromatic nitrogens is 2. The third kappa shape index (κ3) is 5.28. The van der Waals surface area contributed by atoms with E-state index in [9.17, 15) is 4.39 Å². The first-order valence-electron chi connectivity index (χ1n) is 9.17. The van der Waals surface area contributed by atoms with Crippen LogP contribution in [0.4, 0.5) is 4.39 Å². The summed E-state index contributed by atoms with van der Waals surface area (Å²) in [7, 11) is 0. The largest absolute Gasteiger partial charge is 0.490 e. The molecule has 0 atom stereocenters. The molecule has 4 rings (SSSR count). The molecule has 0 amide bonds. The third-order valence-electron chi connectivity index (χ3n) is 4.41. The van der Waals surface area contributed by atoms with Gasteiger partial charge in [-0.15, -0.1) is 12.4 Å². The van der Waals surface area contributed by atoms with Crippen molar-refractivity contribution in [3.63, 3.8) is 0 Å². The van der Waals surface area contributed by atoms with Crippen molar-refractivity contribution in [2.45, 2.75) is 6.54 Å². The number of hydrogen-bond donors (Lipinski definition) is 1. The Morgan fingerprint density at radius 1 is 0.931 bits per heavy atom. The number of nitrogens with zero attached hydrogens (tertiary/aromatic N) is 2. The molecule has 2 heterocycles. The van der Waals surface area contributed by atoms with Gasteiger partial charge in [-0.2, -0.15) is 0 Å². The zero-order valence-corrected chi connectivity index (χ0v) is 16.5. The first-order valence-corrected chi connectivity index (χ1v) is 9.17. The van der Waals surface area contributed by atoms with Crippen LogP contribution >= 0.6 is 12.4 Å². The van der Waals surface area contributed by atoms with Crippen molar-refractivity contribution in [3.05, 3.63) is 90.6 Å². The van der Waals surface area contributed by atoms with E-state index in [1.807, 2.05) is 48.7 Å².